The van der Waals surface area contributed by atoms with E-state index in [1.54, 1.807) is 6.07 Å². The Morgan fingerprint density at radius 1 is 1.18 bits per heavy atom. The standard InChI is InChI=1S/C14H15NO2/c16-12-5-3-4-10-7-8-11(15-14(10)12)13-6-1-2-9-17-13/h3-5,7-8,13,16H,1-2,6,9H2. The number of pyridine rings is 1. The maximum Gasteiger partial charge on any atom is 0.141 e. The number of aromatic nitrogens is 1. The minimum absolute atomic E-state index is 0.0905. The van der Waals surface area contributed by atoms with E-state index in [2.05, 4.69) is 4.98 Å². The number of phenolic OH excluding ortho intramolecular Hbond substituents is 1. The zero-order valence-electron chi connectivity index (χ0n) is 9.60. The van der Waals surface area contributed by atoms with Crippen LogP contribution in [0.3, 0.4) is 0 Å². The fraction of sp³-hybridized carbons (Fsp3) is 0.357. The van der Waals surface area contributed by atoms with Gasteiger partial charge in [-0.25, -0.2) is 4.98 Å². The molecule has 1 N–H and O–H groups in total. The zero-order chi connectivity index (χ0) is 11.7. The predicted molar refractivity (Wildman–Crippen MR) is 66.0 cm³/mol. The molecule has 1 unspecified atom stereocenters. The van der Waals surface area contributed by atoms with Gasteiger partial charge in [-0.15, -0.1) is 0 Å². The van der Waals surface area contributed by atoms with Crippen molar-refractivity contribution in [3.63, 3.8) is 0 Å². The SMILES string of the molecule is Oc1cccc2ccc(C3CCCCO3)nc12. The van der Waals surface area contributed by atoms with Gasteiger partial charge in [-0.05, 0) is 31.4 Å². The number of para-hydroxylation sites is 1. The van der Waals surface area contributed by atoms with E-state index in [-0.39, 0.29) is 11.9 Å². The van der Waals surface area contributed by atoms with Crippen LogP contribution in [-0.4, -0.2) is 16.7 Å². The normalized spacial score (nSPS) is 20.6. The van der Waals surface area contributed by atoms with Gasteiger partial charge in [0.25, 0.3) is 0 Å². The summed E-state index contributed by atoms with van der Waals surface area (Å²) >= 11 is 0. The van der Waals surface area contributed by atoms with Crippen molar-refractivity contribution < 1.29 is 9.84 Å². The fourth-order valence-corrected chi connectivity index (χ4v) is 2.30. The predicted octanol–water partition coefficient (Wildman–Crippen LogP) is 3.18. The Morgan fingerprint density at radius 2 is 2.12 bits per heavy atom. The van der Waals surface area contributed by atoms with Crippen LogP contribution in [0, 0.1) is 0 Å². The van der Waals surface area contributed by atoms with Gasteiger partial charge in [-0.3, -0.25) is 0 Å². The van der Waals surface area contributed by atoms with Gasteiger partial charge in [0.15, 0.2) is 0 Å². The second kappa shape index (κ2) is 4.34. The van der Waals surface area contributed by atoms with Crippen LogP contribution in [0.5, 0.6) is 5.75 Å². The first-order valence-corrected chi connectivity index (χ1v) is 6.05. The van der Waals surface area contributed by atoms with E-state index in [0.717, 1.165) is 30.5 Å². The molecule has 88 valence electrons. The molecule has 1 aliphatic heterocycles. The van der Waals surface area contributed by atoms with E-state index < -0.39 is 0 Å². The molecule has 17 heavy (non-hydrogen) atoms. The Bertz CT molecular complexity index is 533. The zero-order valence-corrected chi connectivity index (χ0v) is 9.60. The second-order valence-electron chi connectivity index (χ2n) is 4.44. The Morgan fingerprint density at radius 3 is 2.94 bits per heavy atom. The van der Waals surface area contributed by atoms with Gasteiger partial charge in [0.2, 0.25) is 0 Å². The van der Waals surface area contributed by atoms with Gasteiger partial charge in [0.05, 0.1) is 11.8 Å². The molecule has 1 saturated heterocycles. The fourth-order valence-electron chi connectivity index (χ4n) is 2.30. The third-order valence-electron chi connectivity index (χ3n) is 3.23. The molecule has 2 aromatic rings. The molecule has 1 atom stereocenters. The minimum atomic E-state index is 0.0905. The molecule has 0 saturated carbocycles. The van der Waals surface area contributed by atoms with Gasteiger partial charge in [0, 0.05) is 12.0 Å². The summed E-state index contributed by atoms with van der Waals surface area (Å²) in [5, 5.41) is 10.8. The van der Waals surface area contributed by atoms with E-state index >= 15 is 0 Å². The van der Waals surface area contributed by atoms with Gasteiger partial charge in [0.1, 0.15) is 11.3 Å². The Labute approximate surface area is 100 Å². The molecule has 1 aliphatic rings. The van der Waals surface area contributed by atoms with Crippen molar-refractivity contribution >= 4 is 10.9 Å². The topological polar surface area (TPSA) is 42.4 Å². The van der Waals surface area contributed by atoms with Crippen LogP contribution in [0.1, 0.15) is 31.1 Å². The first kappa shape index (κ1) is 10.5. The Kier molecular flexibility index (Phi) is 2.69. The highest BCUT2D eigenvalue weighted by atomic mass is 16.5. The van der Waals surface area contributed by atoms with Gasteiger partial charge in [-0.2, -0.15) is 0 Å². The third kappa shape index (κ3) is 1.98. The molecule has 0 spiro atoms. The molecule has 3 nitrogen and oxygen atoms in total. The van der Waals surface area contributed by atoms with E-state index in [9.17, 15) is 5.11 Å². The van der Waals surface area contributed by atoms with Crippen LogP contribution in [0.25, 0.3) is 10.9 Å². The maximum absolute atomic E-state index is 9.79. The monoisotopic (exact) mass is 229 g/mol. The number of hydrogen-bond acceptors (Lipinski definition) is 3. The summed E-state index contributed by atoms with van der Waals surface area (Å²) in [6.07, 6.45) is 3.43. The lowest BCUT2D eigenvalue weighted by molar-refractivity contribution is 0.0125. The molecule has 1 aromatic carbocycles. The van der Waals surface area contributed by atoms with Crippen LogP contribution in [-0.2, 0) is 4.74 Å². The number of ether oxygens (including phenoxy) is 1. The number of hydrogen-bond donors (Lipinski definition) is 1. The van der Waals surface area contributed by atoms with Crippen molar-refractivity contribution in [2.45, 2.75) is 25.4 Å². The second-order valence-corrected chi connectivity index (χ2v) is 4.44. The third-order valence-corrected chi connectivity index (χ3v) is 3.23. The van der Waals surface area contributed by atoms with Crippen molar-refractivity contribution in [3.8, 4) is 5.75 Å². The molecule has 1 aromatic heterocycles. The van der Waals surface area contributed by atoms with Crippen LogP contribution >= 0.6 is 0 Å². The number of phenols is 1. The van der Waals surface area contributed by atoms with Gasteiger partial charge >= 0.3 is 0 Å². The number of aromatic hydroxyl groups is 1. The van der Waals surface area contributed by atoms with Crippen molar-refractivity contribution in [2.24, 2.45) is 0 Å². The molecule has 0 aliphatic carbocycles. The van der Waals surface area contributed by atoms with Crippen molar-refractivity contribution in [2.75, 3.05) is 6.61 Å². The lowest BCUT2D eigenvalue weighted by Gasteiger charge is -2.22. The molecule has 0 amide bonds. The highest BCUT2D eigenvalue weighted by Crippen LogP contribution is 2.29. The molecular formula is C14H15NO2. The summed E-state index contributed by atoms with van der Waals surface area (Å²) in [6, 6.07) is 9.44. The van der Waals surface area contributed by atoms with Gasteiger partial charge in [-0.1, -0.05) is 18.2 Å². The molecule has 0 bridgehead atoms. The highest BCUT2D eigenvalue weighted by molar-refractivity contribution is 5.84. The number of benzene rings is 1. The van der Waals surface area contributed by atoms with Crippen molar-refractivity contribution in [1.82, 2.24) is 4.98 Å². The van der Waals surface area contributed by atoms with Crippen LogP contribution in [0.4, 0.5) is 0 Å². The average molecular weight is 229 g/mol. The summed E-state index contributed by atoms with van der Waals surface area (Å²) in [4.78, 5) is 4.52. The Balaban J connectivity index is 2.03. The number of fused-ring (bicyclic) bond motifs is 1. The molecular weight excluding hydrogens is 214 g/mol. The van der Waals surface area contributed by atoms with Crippen LogP contribution in [0.2, 0.25) is 0 Å². The van der Waals surface area contributed by atoms with Crippen LogP contribution in [0.15, 0.2) is 30.3 Å². The highest BCUT2D eigenvalue weighted by Gasteiger charge is 2.17. The average Bonchev–Trinajstić information content (AvgIpc) is 2.40. The summed E-state index contributed by atoms with van der Waals surface area (Å²) in [7, 11) is 0. The smallest absolute Gasteiger partial charge is 0.141 e. The Hall–Kier alpha value is -1.61. The van der Waals surface area contributed by atoms with E-state index in [0.29, 0.717) is 5.52 Å². The summed E-state index contributed by atoms with van der Waals surface area (Å²) in [5.41, 5.74) is 1.60. The first-order valence-electron chi connectivity index (χ1n) is 6.05. The minimum Gasteiger partial charge on any atom is -0.506 e. The molecule has 0 radical (unpaired) electrons. The lowest BCUT2D eigenvalue weighted by atomic mass is 10.0. The largest absolute Gasteiger partial charge is 0.506 e. The van der Waals surface area contributed by atoms with E-state index in [1.807, 2.05) is 24.3 Å². The van der Waals surface area contributed by atoms with Gasteiger partial charge < -0.3 is 9.84 Å². The van der Waals surface area contributed by atoms with Crippen molar-refractivity contribution in [1.29, 1.82) is 0 Å². The number of rotatable bonds is 1. The number of nitrogens with zero attached hydrogens (tertiary/aromatic N) is 1. The van der Waals surface area contributed by atoms with Crippen LogP contribution < -0.4 is 0 Å². The molecule has 3 heteroatoms. The summed E-state index contributed by atoms with van der Waals surface area (Å²) in [5.74, 6) is 0.236. The van der Waals surface area contributed by atoms with E-state index in [4.69, 9.17) is 4.74 Å². The summed E-state index contributed by atoms with van der Waals surface area (Å²) in [6.45, 7) is 0.811. The molecule has 2 heterocycles. The molecule has 1 fully saturated rings. The quantitative estimate of drug-likeness (QED) is 0.816. The first-order chi connectivity index (χ1) is 8.34. The van der Waals surface area contributed by atoms with E-state index in [1.165, 1.54) is 6.42 Å². The summed E-state index contributed by atoms with van der Waals surface area (Å²) < 4.78 is 5.71. The maximum atomic E-state index is 9.79. The lowest BCUT2D eigenvalue weighted by Crippen LogP contribution is -2.12. The van der Waals surface area contributed by atoms with Crippen molar-refractivity contribution in [3.05, 3.63) is 36.0 Å². The molecule has 3 rings (SSSR count).